The summed E-state index contributed by atoms with van der Waals surface area (Å²) in [6.45, 7) is 2.19. The molecule has 6 heteroatoms. The SMILES string of the molecule is N#Cc1ccnc(NCCC(=O)N2CCCCC2)c1Cl. The fourth-order valence-corrected chi connectivity index (χ4v) is 2.46. The van der Waals surface area contributed by atoms with E-state index in [4.69, 9.17) is 16.9 Å². The first-order valence-corrected chi connectivity index (χ1v) is 7.16. The van der Waals surface area contributed by atoms with E-state index in [0.29, 0.717) is 29.4 Å². The topological polar surface area (TPSA) is 69.0 Å². The monoisotopic (exact) mass is 292 g/mol. The highest BCUT2D eigenvalue weighted by Gasteiger charge is 2.16. The maximum atomic E-state index is 12.0. The quantitative estimate of drug-likeness (QED) is 0.925. The third-order valence-corrected chi connectivity index (χ3v) is 3.73. The Labute approximate surface area is 123 Å². The van der Waals surface area contributed by atoms with Gasteiger partial charge >= 0.3 is 0 Å². The predicted molar refractivity (Wildman–Crippen MR) is 77.5 cm³/mol. The van der Waals surface area contributed by atoms with Crippen molar-refractivity contribution >= 4 is 23.3 Å². The van der Waals surface area contributed by atoms with Gasteiger partial charge in [-0.25, -0.2) is 4.98 Å². The highest BCUT2D eigenvalue weighted by Crippen LogP contribution is 2.22. The number of carbonyl (C=O) groups excluding carboxylic acids is 1. The maximum Gasteiger partial charge on any atom is 0.224 e. The molecular formula is C14H17ClN4O. The van der Waals surface area contributed by atoms with E-state index in [0.717, 1.165) is 25.9 Å². The lowest BCUT2D eigenvalue weighted by molar-refractivity contribution is -0.131. The van der Waals surface area contributed by atoms with Gasteiger partial charge in [-0.3, -0.25) is 4.79 Å². The average Bonchev–Trinajstić information content (AvgIpc) is 2.49. The number of amides is 1. The number of aromatic nitrogens is 1. The fourth-order valence-electron chi connectivity index (χ4n) is 2.24. The van der Waals surface area contributed by atoms with Crippen molar-refractivity contribution in [2.24, 2.45) is 0 Å². The van der Waals surface area contributed by atoms with E-state index < -0.39 is 0 Å². The Hall–Kier alpha value is -1.80. The molecule has 1 aliphatic rings. The normalized spacial score (nSPS) is 14.7. The first-order valence-electron chi connectivity index (χ1n) is 6.78. The number of likely N-dealkylation sites (tertiary alicyclic amines) is 1. The van der Waals surface area contributed by atoms with Crippen LogP contribution in [0.1, 0.15) is 31.2 Å². The first kappa shape index (κ1) is 14.6. The molecule has 0 radical (unpaired) electrons. The summed E-state index contributed by atoms with van der Waals surface area (Å²) in [6, 6.07) is 3.56. The molecule has 0 bridgehead atoms. The second-order valence-corrected chi connectivity index (χ2v) is 5.13. The number of nitriles is 1. The number of nitrogens with one attached hydrogen (secondary N) is 1. The van der Waals surface area contributed by atoms with Gasteiger partial charge in [-0.05, 0) is 25.3 Å². The molecule has 20 heavy (non-hydrogen) atoms. The Bertz CT molecular complexity index is 520. The molecule has 1 fully saturated rings. The van der Waals surface area contributed by atoms with Crippen molar-refractivity contribution in [3.63, 3.8) is 0 Å². The minimum absolute atomic E-state index is 0.157. The molecule has 2 rings (SSSR count). The zero-order valence-corrected chi connectivity index (χ0v) is 12.0. The minimum Gasteiger partial charge on any atom is -0.368 e. The van der Waals surface area contributed by atoms with Gasteiger partial charge in [-0.1, -0.05) is 11.6 Å². The number of halogens is 1. The summed E-state index contributed by atoms with van der Waals surface area (Å²) in [4.78, 5) is 18.0. The summed E-state index contributed by atoms with van der Waals surface area (Å²) in [5.74, 6) is 0.613. The molecule has 0 spiro atoms. The summed E-state index contributed by atoms with van der Waals surface area (Å²) >= 11 is 6.03. The molecule has 0 saturated carbocycles. The zero-order valence-electron chi connectivity index (χ0n) is 11.2. The summed E-state index contributed by atoms with van der Waals surface area (Å²) in [5, 5.41) is 12.2. The van der Waals surface area contributed by atoms with Crippen molar-refractivity contribution < 1.29 is 4.79 Å². The lowest BCUT2D eigenvalue weighted by Crippen LogP contribution is -2.36. The van der Waals surface area contributed by atoms with Gasteiger partial charge in [0.25, 0.3) is 0 Å². The highest BCUT2D eigenvalue weighted by molar-refractivity contribution is 6.34. The van der Waals surface area contributed by atoms with Gasteiger partial charge in [-0.2, -0.15) is 5.26 Å². The van der Waals surface area contributed by atoms with E-state index in [1.807, 2.05) is 11.0 Å². The maximum absolute atomic E-state index is 12.0. The first-order chi connectivity index (χ1) is 9.72. The molecule has 1 saturated heterocycles. The number of anilines is 1. The fraction of sp³-hybridized carbons (Fsp3) is 0.500. The van der Waals surface area contributed by atoms with Crippen molar-refractivity contribution in [3.05, 3.63) is 22.8 Å². The molecule has 0 aliphatic carbocycles. The van der Waals surface area contributed by atoms with Crippen molar-refractivity contribution in [2.45, 2.75) is 25.7 Å². The van der Waals surface area contributed by atoms with Gasteiger partial charge in [0, 0.05) is 32.3 Å². The van der Waals surface area contributed by atoms with Gasteiger partial charge in [0.2, 0.25) is 5.91 Å². The summed E-state index contributed by atoms with van der Waals surface area (Å²) in [6.07, 6.45) is 5.34. The van der Waals surface area contributed by atoms with Crippen LogP contribution in [0.25, 0.3) is 0 Å². The summed E-state index contributed by atoms with van der Waals surface area (Å²) in [7, 11) is 0. The van der Waals surface area contributed by atoms with E-state index in [1.165, 1.54) is 12.6 Å². The molecule has 0 aromatic carbocycles. The van der Waals surface area contributed by atoms with Gasteiger partial charge in [-0.15, -0.1) is 0 Å². The number of pyridine rings is 1. The largest absolute Gasteiger partial charge is 0.368 e. The molecule has 106 valence electrons. The van der Waals surface area contributed by atoms with Crippen LogP contribution in [0, 0.1) is 11.3 Å². The van der Waals surface area contributed by atoms with Crippen LogP contribution in [0.2, 0.25) is 5.02 Å². The average molecular weight is 293 g/mol. The van der Waals surface area contributed by atoms with E-state index in [2.05, 4.69) is 10.3 Å². The van der Waals surface area contributed by atoms with Crippen LogP contribution in [-0.4, -0.2) is 35.4 Å². The van der Waals surface area contributed by atoms with E-state index in [1.54, 1.807) is 6.07 Å². The molecule has 5 nitrogen and oxygen atoms in total. The molecular weight excluding hydrogens is 276 g/mol. The molecule has 1 N–H and O–H groups in total. The third kappa shape index (κ3) is 3.61. The van der Waals surface area contributed by atoms with Crippen LogP contribution >= 0.6 is 11.6 Å². The van der Waals surface area contributed by atoms with Crippen LogP contribution in [0.3, 0.4) is 0 Å². The number of nitrogens with zero attached hydrogens (tertiary/aromatic N) is 3. The van der Waals surface area contributed by atoms with Gasteiger partial charge in [0.1, 0.15) is 16.9 Å². The molecule has 1 amide bonds. The summed E-state index contributed by atoms with van der Waals surface area (Å²) in [5.41, 5.74) is 0.381. The lowest BCUT2D eigenvalue weighted by Gasteiger charge is -2.26. The molecule has 1 aromatic rings. The second-order valence-electron chi connectivity index (χ2n) is 4.75. The third-order valence-electron chi connectivity index (χ3n) is 3.35. The molecule has 1 aromatic heterocycles. The molecule has 1 aliphatic heterocycles. The van der Waals surface area contributed by atoms with Gasteiger partial charge < -0.3 is 10.2 Å². The van der Waals surface area contributed by atoms with Crippen LogP contribution in [0.15, 0.2) is 12.3 Å². The predicted octanol–water partition coefficient (Wildman–Crippen LogP) is 2.42. The minimum atomic E-state index is 0.157. The van der Waals surface area contributed by atoms with Crippen LogP contribution in [0.5, 0.6) is 0 Å². The smallest absolute Gasteiger partial charge is 0.224 e. The molecule has 2 heterocycles. The van der Waals surface area contributed by atoms with E-state index in [-0.39, 0.29) is 5.91 Å². The number of carbonyl (C=O) groups is 1. The summed E-state index contributed by atoms with van der Waals surface area (Å²) < 4.78 is 0. The van der Waals surface area contributed by atoms with Gasteiger partial charge in [0.05, 0.1) is 5.56 Å². The van der Waals surface area contributed by atoms with Crippen molar-refractivity contribution in [1.29, 1.82) is 5.26 Å². The highest BCUT2D eigenvalue weighted by atomic mass is 35.5. The van der Waals surface area contributed by atoms with Gasteiger partial charge in [0.15, 0.2) is 0 Å². The Balaban J connectivity index is 1.84. The van der Waals surface area contributed by atoms with Crippen LogP contribution in [0.4, 0.5) is 5.82 Å². The van der Waals surface area contributed by atoms with E-state index >= 15 is 0 Å². The van der Waals surface area contributed by atoms with Crippen LogP contribution in [-0.2, 0) is 4.79 Å². The Morgan fingerprint density at radius 2 is 2.20 bits per heavy atom. The zero-order chi connectivity index (χ0) is 14.4. The van der Waals surface area contributed by atoms with Crippen molar-refractivity contribution in [1.82, 2.24) is 9.88 Å². The number of hydrogen-bond donors (Lipinski definition) is 1. The second kappa shape index (κ2) is 7.11. The number of rotatable bonds is 4. The Kier molecular flexibility index (Phi) is 5.19. The van der Waals surface area contributed by atoms with Crippen LogP contribution < -0.4 is 5.32 Å². The Morgan fingerprint density at radius 3 is 2.90 bits per heavy atom. The van der Waals surface area contributed by atoms with E-state index in [9.17, 15) is 4.79 Å². The van der Waals surface area contributed by atoms with Crippen molar-refractivity contribution in [3.8, 4) is 6.07 Å². The van der Waals surface area contributed by atoms with Crippen molar-refractivity contribution in [2.75, 3.05) is 25.0 Å². The standard InChI is InChI=1S/C14H17ClN4O/c15-13-11(10-16)4-6-17-14(13)18-7-5-12(20)19-8-2-1-3-9-19/h4,6H,1-3,5,7-9H2,(H,17,18). The lowest BCUT2D eigenvalue weighted by atomic mass is 10.1. The number of hydrogen-bond acceptors (Lipinski definition) is 4. The molecule has 0 atom stereocenters. The number of piperidine rings is 1. The Morgan fingerprint density at radius 1 is 1.45 bits per heavy atom. The molecule has 0 unspecified atom stereocenters.